The Morgan fingerprint density at radius 1 is 1.26 bits per heavy atom. The Labute approximate surface area is 117 Å². The summed E-state index contributed by atoms with van der Waals surface area (Å²) in [6.45, 7) is 0. The quantitative estimate of drug-likeness (QED) is 0.871. The number of halogens is 4. The SMILES string of the molecule is OC(Cc1cccc(C(F)(F)F)c1)c1cc(Cl)cs1. The number of hydrogen-bond donors (Lipinski definition) is 1. The smallest absolute Gasteiger partial charge is 0.387 e. The van der Waals surface area contributed by atoms with Crippen molar-refractivity contribution in [3.8, 4) is 0 Å². The van der Waals surface area contributed by atoms with Gasteiger partial charge in [0.25, 0.3) is 0 Å². The van der Waals surface area contributed by atoms with E-state index in [0.29, 0.717) is 15.5 Å². The topological polar surface area (TPSA) is 20.2 Å². The summed E-state index contributed by atoms with van der Waals surface area (Å²) in [5, 5.41) is 12.1. The van der Waals surface area contributed by atoms with Gasteiger partial charge >= 0.3 is 6.18 Å². The first kappa shape index (κ1) is 14.4. The van der Waals surface area contributed by atoms with Crippen LogP contribution in [0.2, 0.25) is 5.02 Å². The lowest BCUT2D eigenvalue weighted by Crippen LogP contribution is -2.06. The Morgan fingerprint density at radius 3 is 2.58 bits per heavy atom. The molecule has 1 nitrogen and oxygen atoms in total. The van der Waals surface area contributed by atoms with Crippen LogP contribution in [0.3, 0.4) is 0 Å². The normalized spacial score (nSPS) is 13.5. The highest BCUT2D eigenvalue weighted by atomic mass is 35.5. The fraction of sp³-hybridized carbons (Fsp3) is 0.231. The van der Waals surface area contributed by atoms with Crippen LogP contribution >= 0.6 is 22.9 Å². The monoisotopic (exact) mass is 306 g/mol. The molecule has 0 radical (unpaired) electrons. The third-order valence-electron chi connectivity index (χ3n) is 2.60. The van der Waals surface area contributed by atoms with Gasteiger partial charge in [0.2, 0.25) is 0 Å². The van der Waals surface area contributed by atoms with Crippen LogP contribution in [0, 0.1) is 0 Å². The molecule has 0 fully saturated rings. The summed E-state index contributed by atoms with van der Waals surface area (Å²) >= 11 is 7.03. The maximum Gasteiger partial charge on any atom is 0.416 e. The average molecular weight is 307 g/mol. The van der Waals surface area contributed by atoms with E-state index < -0.39 is 17.8 Å². The van der Waals surface area contributed by atoms with Crippen LogP contribution < -0.4 is 0 Å². The lowest BCUT2D eigenvalue weighted by atomic mass is 10.0. The zero-order chi connectivity index (χ0) is 14.0. The van der Waals surface area contributed by atoms with E-state index in [4.69, 9.17) is 11.6 Å². The molecule has 0 amide bonds. The molecule has 19 heavy (non-hydrogen) atoms. The second-order valence-corrected chi connectivity index (χ2v) is 5.46. The van der Waals surface area contributed by atoms with Gasteiger partial charge in [0, 0.05) is 16.7 Å². The second kappa shape index (κ2) is 5.53. The van der Waals surface area contributed by atoms with Gasteiger partial charge in [-0.2, -0.15) is 13.2 Å². The molecule has 1 heterocycles. The molecule has 0 aliphatic carbocycles. The van der Waals surface area contributed by atoms with E-state index >= 15 is 0 Å². The standard InChI is InChI=1S/C13H10ClF3OS/c14-10-6-12(19-7-10)11(18)5-8-2-1-3-9(4-8)13(15,16)17/h1-4,6-7,11,18H,5H2. The molecule has 0 aliphatic heterocycles. The van der Waals surface area contributed by atoms with Crippen molar-refractivity contribution in [3.05, 3.63) is 56.7 Å². The molecule has 0 aliphatic rings. The molecule has 1 unspecified atom stereocenters. The minimum absolute atomic E-state index is 0.126. The minimum Gasteiger partial charge on any atom is -0.387 e. The van der Waals surface area contributed by atoms with Gasteiger partial charge in [-0.1, -0.05) is 29.8 Å². The Morgan fingerprint density at radius 2 is 2.00 bits per heavy atom. The summed E-state index contributed by atoms with van der Waals surface area (Å²) in [7, 11) is 0. The van der Waals surface area contributed by atoms with Crippen LogP contribution in [0.4, 0.5) is 13.2 Å². The Bertz CT molecular complexity index is 565. The lowest BCUT2D eigenvalue weighted by molar-refractivity contribution is -0.137. The number of alkyl halides is 3. The molecular formula is C13H10ClF3OS. The summed E-state index contributed by atoms with van der Waals surface area (Å²) in [4.78, 5) is 0.641. The summed E-state index contributed by atoms with van der Waals surface area (Å²) in [6.07, 6.45) is -5.09. The summed E-state index contributed by atoms with van der Waals surface area (Å²) in [5.41, 5.74) is -0.270. The van der Waals surface area contributed by atoms with Crippen molar-refractivity contribution in [2.45, 2.75) is 18.7 Å². The first-order chi connectivity index (χ1) is 8.86. The predicted molar refractivity (Wildman–Crippen MR) is 69.4 cm³/mol. The van der Waals surface area contributed by atoms with Crippen molar-refractivity contribution in [3.63, 3.8) is 0 Å². The number of hydrogen-bond acceptors (Lipinski definition) is 2. The predicted octanol–water partition coefficient (Wildman–Crippen LogP) is 4.70. The second-order valence-electron chi connectivity index (χ2n) is 4.09. The average Bonchev–Trinajstić information content (AvgIpc) is 2.75. The molecule has 0 saturated heterocycles. The largest absolute Gasteiger partial charge is 0.416 e. The maximum atomic E-state index is 12.6. The van der Waals surface area contributed by atoms with E-state index in [9.17, 15) is 18.3 Å². The molecule has 0 saturated carbocycles. The third kappa shape index (κ3) is 3.72. The first-order valence-electron chi connectivity index (χ1n) is 5.44. The van der Waals surface area contributed by atoms with Crippen molar-refractivity contribution in [2.75, 3.05) is 0 Å². The van der Waals surface area contributed by atoms with Gasteiger partial charge in [-0.25, -0.2) is 0 Å². The van der Waals surface area contributed by atoms with E-state index in [1.165, 1.54) is 17.4 Å². The zero-order valence-corrected chi connectivity index (χ0v) is 11.2. The van der Waals surface area contributed by atoms with Crippen molar-refractivity contribution >= 4 is 22.9 Å². The van der Waals surface area contributed by atoms with Crippen molar-refractivity contribution in [1.29, 1.82) is 0 Å². The molecule has 0 bridgehead atoms. The van der Waals surface area contributed by atoms with E-state index in [1.807, 2.05) is 0 Å². The van der Waals surface area contributed by atoms with E-state index in [-0.39, 0.29) is 6.42 Å². The maximum absolute atomic E-state index is 12.6. The number of aliphatic hydroxyl groups excluding tert-OH is 1. The molecule has 2 rings (SSSR count). The Hall–Kier alpha value is -1.04. The number of aliphatic hydroxyl groups is 1. The van der Waals surface area contributed by atoms with Gasteiger partial charge < -0.3 is 5.11 Å². The van der Waals surface area contributed by atoms with E-state index in [0.717, 1.165) is 12.1 Å². The molecule has 1 aromatic carbocycles. The molecule has 6 heteroatoms. The van der Waals surface area contributed by atoms with E-state index in [2.05, 4.69) is 0 Å². The van der Waals surface area contributed by atoms with Crippen LogP contribution in [0.15, 0.2) is 35.7 Å². The summed E-state index contributed by atoms with van der Waals surface area (Å²) in [5.74, 6) is 0. The van der Waals surface area contributed by atoms with Gasteiger partial charge in [0.15, 0.2) is 0 Å². The molecule has 102 valence electrons. The van der Waals surface area contributed by atoms with Crippen LogP contribution in [-0.4, -0.2) is 5.11 Å². The van der Waals surface area contributed by atoms with Crippen molar-refractivity contribution in [2.24, 2.45) is 0 Å². The molecular weight excluding hydrogens is 297 g/mol. The van der Waals surface area contributed by atoms with Gasteiger partial charge in [0.1, 0.15) is 0 Å². The highest BCUT2D eigenvalue weighted by Crippen LogP contribution is 2.31. The number of thiophene rings is 1. The van der Waals surface area contributed by atoms with Gasteiger partial charge in [-0.15, -0.1) is 11.3 Å². The van der Waals surface area contributed by atoms with Crippen LogP contribution in [0.5, 0.6) is 0 Å². The molecule has 1 N–H and O–H groups in total. The van der Waals surface area contributed by atoms with E-state index in [1.54, 1.807) is 17.5 Å². The Balaban J connectivity index is 2.15. The molecule has 0 spiro atoms. The van der Waals surface area contributed by atoms with Crippen molar-refractivity contribution < 1.29 is 18.3 Å². The van der Waals surface area contributed by atoms with Crippen LogP contribution in [0.25, 0.3) is 0 Å². The molecule has 2 aromatic rings. The third-order valence-corrected chi connectivity index (χ3v) is 3.98. The van der Waals surface area contributed by atoms with Gasteiger partial charge in [-0.05, 0) is 17.7 Å². The Kier molecular flexibility index (Phi) is 4.18. The molecule has 1 atom stereocenters. The summed E-state index contributed by atoms with van der Waals surface area (Å²) in [6, 6.07) is 6.58. The zero-order valence-electron chi connectivity index (χ0n) is 9.62. The lowest BCUT2D eigenvalue weighted by Gasteiger charge is -2.11. The van der Waals surface area contributed by atoms with Crippen molar-refractivity contribution in [1.82, 2.24) is 0 Å². The first-order valence-corrected chi connectivity index (χ1v) is 6.70. The fourth-order valence-corrected chi connectivity index (χ4v) is 2.77. The number of rotatable bonds is 3. The minimum atomic E-state index is -4.37. The van der Waals surface area contributed by atoms with Gasteiger partial charge in [-0.3, -0.25) is 0 Å². The molecule has 1 aromatic heterocycles. The number of benzene rings is 1. The van der Waals surface area contributed by atoms with Gasteiger partial charge in [0.05, 0.1) is 16.7 Å². The highest BCUT2D eigenvalue weighted by molar-refractivity contribution is 7.10. The van der Waals surface area contributed by atoms with Crippen LogP contribution in [-0.2, 0) is 12.6 Å². The highest BCUT2D eigenvalue weighted by Gasteiger charge is 2.30. The van der Waals surface area contributed by atoms with Crippen LogP contribution in [0.1, 0.15) is 22.1 Å². The summed E-state index contributed by atoms with van der Waals surface area (Å²) < 4.78 is 37.7. The fourth-order valence-electron chi connectivity index (χ4n) is 1.70.